The fraction of sp³-hybridized carbons (Fsp3) is 0.562. The van der Waals surface area contributed by atoms with Crippen molar-refractivity contribution < 1.29 is 9.53 Å². The number of ether oxygens (including phenoxy) is 1. The first-order valence-corrected chi connectivity index (χ1v) is 6.95. The first-order valence-electron chi connectivity index (χ1n) is 6.95. The summed E-state index contributed by atoms with van der Waals surface area (Å²) in [4.78, 5) is 12.5. The molecule has 1 N–H and O–H groups in total. The van der Waals surface area contributed by atoms with Crippen molar-refractivity contribution in [2.24, 2.45) is 0 Å². The number of hydrogen-bond donors (Lipinski definition) is 1. The van der Waals surface area contributed by atoms with E-state index in [0.29, 0.717) is 0 Å². The zero-order valence-electron chi connectivity index (χ0n) is 12.0. The molecule has 0 heterocycles. The summed E-state index contributed by atoms with van der Waals surface area (Å²) in [6.07, 6.45) is 3.33. The molecular formula is C16H23NO2. The highest BCUT2D eigenvalue weighted by Crippen LogP contribution is 2.26. The van der Waals surface area contributed by atoms with Gasteiger partial charge in [0.2, 0.25) is 5.91 Å². The highest BCUT2D eigenvalue weighted by atomic mass is 16.5. The monoisotopic (exact) mass is 261 g/mol. The molecule has 1 fully saturated rings. The van der Waals surface area contributed by atoms with E-state index in [4.69, 9.17) is 4.74 Å². The largest absolute Gasteiger partial charge is 0.379 e. The minimum absolute atomic E-state index is 0.0765. The molecule has 1 aromatic rings. The standard InChI is InChI=1S/C16H23NO2/c1-16(2,12-8-5-4-6-9-12)15(18)17-13-10-7-11-14(13)19-3/h4-6,8-9,13-14H,7,10-11H2,1-3H3,(H,17,18)/t13-,14+/m1/s1. The highest BCUT2D eigenvalue weighted by Gasteiger charge is 2.35. The normalized spacial score (nSPS) is 23.3. The molecule has 0 saturated heterocycles. The fourth-order valence-electron chi connectivity index (χ4n) is 2.71. The highest BCUT2D eigenvalue weighted by molar-refractivity contribution is 5.87. The van der Waals surface area contributed by atoms with Crippen LogP contribution < -0.4 is 5.32 Å². The van der Waals surface area contributed by atoms with Crippen molar-refractivity contribution in [2.45, 2.75) is 50.7 Å². The van der Waals surface area contributed by atoms with Gasteiger partial charge in [0, 0.05) is 7.11 Å². The minimum atomic E-state index is -0.512. The van der Waals surface area contributed by atoms with Crippen LogP contribution in [0.25, 0.3) is 0 Å². The molecule has 0 spiro atoms. The van der Waals surface area contributed by atoms with Crippen LogP contribution in [0.3, 0.4) is 0 Å². The predicted octanol–water partition coefficient (Wildman–Crippen LogP) is 2.65. The van der Waals surface area contributed by atoms with Crippen LogP contribution >= 0.6 is 0 Å². The molecule has 1 aliphatic carbocycles. The van der Waals surface area contributed by atoms with Crippen molar-refractivity contribution in [3.8, 4) is 0 Å². The Morgan fingerprint density at radius 3 is 2.58 bits per heavy atom. The van der Waals surface area contributed by atoms with Crippen molar-refractivity contribution in [3.05, 3.63) is 35.9 Å². The number of benzene rings is 1. The molecular weight excluding hydrogens is 238 g/mol. The second kappa shape index (κ2) is 5.74. The fourth-order valence-corrected chi connectivity index (χ4v) is 2.71. The summed E-state index contributed by atoms with van der Waals surface area (Å²) in [6.45, 7) is 3.93. The van der Waals surface area contributed by atoms with E-state index in [9.17, 15) is 4.79 Å². The third-order valence-electron chi connectivity index (χ3n) is 4.13. The molecule has 0 aromatic heterocycles. The summed E-state index contributed by atoms with van der Waals surface area (Å²) in [7, 11) is 1.72. The zero-order chi connectivity index (χ0) is 13.9. The lowest BCUT2D eigenvalue weighted by Crippen LogP contribution is -2.48. The minimum Gasteiger partial charge on any atom is -0.379 e. The van der Waals surface area contributed by atoms with Crippen LogP contribution in [0.4, 0.5) is 0 Å². The van der Waals surface area contributed by atoms with Gasteiger partial charge in [0.15, 0.2) is 0 Å². The van der Waals surface area contributed by atoms with Crippen LogP contribution in [-0.2, 0) is 14.9 Å². The van der Waals surface area contributed by atoms with Gasteiger partial charge in [-0.15, -0.1) is 0 Å². The smallest absolute Gasteiger partial charge is 0.230 e. The molecule has 3 nitrogen and oxygen atoms in total. The molecule has 0 unspecified atom stereocenters. The van der Waals surface area contributed by atoms with Crippen LogP contribution in [0.5, 0.6) is 0 Å². The average Bonchev–Trinajstić information content (AvgIpc) is 2.87. The molecule has 0 aliphatic heterocycles. The molecule has 19 heavy (non-hydrogen) atoms. The Morgan fingerprint density at radius 2 is 1.95 bits per heavy atom. The Kier molecular flexibility index (Phi) is 4.25. The van der Waals surface area contributed by atoms with Gasteiger partial charge in [0.05, 0.1) is 17.6 Å². The van der Waals surface area contributed by atoms with Crippen molar-refractivity contribution in [2.75, 3.05) is 7.11 Å². The Labute approximate surface area is 115 Å². The molecule has 1 saturated carbocycles. The van der Waals surface area contributed by atoms with E-state index >= 15 is 0 Å². The van der Waals surface area contributed by atoms with E-state index in [-0.39, 0.29) is 18.1 Å². The maximum atomic E-state index is 12.5. The number of carbonyl (C=O) groups excluding carboxylic acids is 1. The van der Waals surface area contributed by atoms with Gasteiger partial charge < -0.3 is 10.1 Å². The van der Waals surface area contributed by atoms with E-state index in [1.807, 2.05) is 44.2 Å². The molecule has 1 aliphatic rings. The molecule has 0 radical (unpaired) electrons. The summed E-state index contributed by atoms with van der Waals surface area (Å²) in [5.74, 6) is 0.0765. The molecule has 1 amide bonds. The Morgan fingerprint density at radius 1 is 1.26 bits per heavy atom. The molecule has 2 atom stereocenters. The lowest BCUT2D eigenvalue weighted by molar-refractivity contribution is -0.127. The van der Waals surface area contributed by atoms with Crippen molar-refractivity contribution in [3.63, 3.8) is 0 Å². The summed E-state index contributed by atoms with van der Waals surface area (Å²) in [5.41, 5.74) is 0.529. The lowest BCUT2D eigenvalue weighted by Gasteiger charge is -2.28. The first-order chi connectivity index (χ1) is 9.05. The average molecular weight is 261 g/mol. The second-order valence-electron chi connectivity index (χ2n) is 5.78. The number of amides is 1. The van der Waals surface area contributed by atoms with Crippen LogP contribution in [0.1, 0.15) is 38.7 Å². The SMILES string of the molecule is CO[C@H]1CCC[C@H]1NC(=O)C(C)(C)c1ccccc1. The number of nitrogens with one attached hydrogen (secondary N) is 1. The summed E-state index contributed by atoms with van der Waals surface area (Å²) < 4.78 is 5.43. The van der Waals surface area contributed by atoms with E-state index in [1.54, 1.807) is 7.11 Å². The van der Waals surface area contributed by atoms with Gasteiger partial charge in [0.1, 0.15) is 0 Å². The topological polar surface area (TPSA) is 38.3 Å². The third-order valence-corrected chi connectivity index (χ3v) is 4.13. The summed E-state index contributed by atoms with van der Waals surface area (Å²) in [6, 6.07) is 10.1. The van der Waals surface area contributed by atoms with Crippen molar-refractivity contribution >= 4 is 5.91 Å². The van der Waals surface area contributed by atoms with Gasteiger partial charge in [-0.05, 0) is 38.7 Å². The Bertz CT molecular complexity index is 428. The molecule has 104 valence electrons. The number of rotatable bonds is 4. The Hall–Kier alpha value is -1.35. The van der Waals surface area contributed by atoms with Gasteiger partial charge >= 0.3 is 0 Å². The van der Waals surface area contributed by atoms with E-state index in [2.05, 4.69) is 5.32 Å². The second-order valence-corrected chi connectivity index (χ2v) is 5.78. The quantitative estimate of drug-likeness (QED) is 0.905. The van der Waals surface area contributed by atoms with Crippen LogP contribution in [-0.4, -0.2) is 25.2 Å². The van der Waals surface area contributed by atoms with Crippen molar-refractivity contribution in [1.82, 2.24) is 5.32 Å². The van der Waals surface area contributed by atoms with Gasteiger partial charge in [-0.2, -0.15) is 0 Å². The van der Waals surface area contributed by atoms with Gasteiger partial charge in [-0.3, -0.25) is 4.79 Å². The van der Waals surface area contributed by atoms with Gasteiger partial charge in [-0.1, -0.05) is 30.3 Å². The summed E-state index contributed by atoms with van der Waals surface area (Å²) in [5, 5.41) is 3.15. The zero-order valence-corrected chi connectivity index (χ0v) is 12.0. The number of hydrogen-bond acceptors (Lipinski definition) is 2. The third kappa shape index (κ3) is 2.98. The van der Waals surface area contributed by atoms with Crippen LogP contribution in [0.15, 0.2) is 30.3 Å². The van der Waals surface area contributed by atoms with Crippen molar-refractivity contribution in [1.29, 1.82) is 0 Å². The van der Waals surface area contributed by atoms with Crippen LogP contribution in [0, 0.1) is 0 Å². The van der Waals surface area contributed by atoms with E-state index in [0.717, 1.165) is 24.8 Å². The maximum absolute atomic E-state index is 12.5. The van der Waals surface area contributed by atoms with E-state index < -0.39 is 5.41 Å². The molecule has 1 aromatic carbocycles. The first kappa shape index (κ1) is 14.1. The predicted molar refractivity (Wildman–Crippen MR) is 76.0 cm³/mol. The van der Waals surface area contributed by atoms with Gasteiger partial charge in [-0.25, -0.2) is 0 Å². The number of carbonyl (C=O) groups is 1. The van der Waals surface area contributed by atoms with Gasteiger partial charge in [0.25, 0.3) is 0 Å². The molecule has 3 heteroatoms. The maximum Gasteiger partial charge on any atom is 0.230 e. The number of methoxy groups -OCH3 is 1. The summed E-state index contributed by atoms with van der Waals surface area (Å²) >= 11 is 0. The van der Waals surface area contributed by atoms with Crippen LogP contribution in [0.2, 0.25) is 0 Å². The lowest BCUT2D eigenvalue weighted by atomic mass is 9.83. The molecule has 2 rings (SSSR count). The van der Waals surface area contributed by atoms with E-state index in [1.165, 1.54) is 0 Å². The molecule has 0 bridgehead atoms. The Balaban J connectivity index is 2.07.